The average molecular weight is 321 g/mol. The average Bonchev–Trinajstić information content (AvgIpc) is 3.15. The molecule has 2 rings (SSSR count). The largest absolute Gasteiger partial charge is 0.481 e. The van der Waals surface area contributed by atoms with Gasteiger partial charge in [0.05, 0.1) is 13.0 Å². The number of carboxylic acid groups (broad SMARTS) is 2. The molecule has 7 heteroatoms. The van der Waals surface area contributed by atoms with Crippen molar-refractivity contribution in [1.82, 2.24) is 5.32 Å². The lowest BCUT2D eigenvalue weighted by atomic mass is 10.00. The van der Waals surface area contributed by atoms with Crippen molar-refractivity contribution in [2.24, 2.45) is 0 Å². The molecule has 0 saturated heterocycles. The molecule has 0 radical (unpaired) electrons. The second kappa shape index (κ2) is 7.62. The topological polar surface area (TPSA) is 117 Å². The van der Waals surface area contributed by atoms with Crippen LogP contribution in [0.25, 0.3) is 0 Å². The van der Waals surface area contributed by atoms with Crippen molar-refractivity contribution in [3.63, 3.8) is 0 Å². The zero-order chi connectivity index (χ0) is 16.8. The summed E-state index contributed by atoms with van der Waals surface area (Å²) in [7, 11) is 0. The van der Waals surface area contributed by atoms with Crippen LogP contribution in [0.15, 0.2) is 27.7 Å². The monoisotopic (exact) mass is 321 g/mol. The molecule has 1 aliphatic rings. The molecular weight excluding hydrogens is 302 g/mol. The normalized spacial score (nSPS) is 13.8. The SMILES string of the molecule is O=C(O)CC(CC(=O)NCc1ccc(C(=O)O)o1)=C1CCCC1. The first kappa shape index (κ1) is 16.8. The van der Waals surface area contributed by atoms with Crippen molar-refractivity contribution >= 4 is 17.8 Å². The number of carboxylic acids is 2. The minimum atomic E-state index is -1.17. The van der Waals surface area contributed by atoms with Gasteiger partial charge in [-0.25, -0.2) is 4.79 Å². The van der Waals surface area contributed by atoms with Gasteiger partial charge in [-0.05, 0) is 37.8 Å². The van der Waals surface area contributed by atoms with E-state index in [1.54, 1.807) is 0 Å². The van der Waals surface area contributed by atoms with E-state index in [9.17, 15) is 14.4 Å². The minimum Gasteiger partial charge on any atom is -0.481 e. The van der Waals surface area contributed by atoms with Crippen LogP contribution in [0.5, 0.6) is 0 Å². The molecule has 0 atom stereocenters. The van der Waals surface area contributed by atoms with Crippen LogP contribution in [0.4, 0.5) is 0 Å². The first-order valence-corrected chi connectivity index (χ1v) is 7.46. The van der Waals surface area contributed by atoms with Crippen LogP contribution in [0.3, 0.4) is 0 Å². The zero-order valence-electron chi connectivity index (χ0n) is 12.6. The summed E-state index contributed by atoms with van der Waals surface area (Å²) in [6.45, 7) is 0.0712. The fraction of sp³-hybridized carbons (Fsp3) is 0.438. The third-order valence-corrected chi connectivity index (χ3v) is 3.78. The number of amides is 1. The van der Waals surface area contributed by atoms with E-state index in [0.29, 0.717) is 11.3 Å². The molecule has 1 aromatic heterocycles. The predicted octanol–water partition coefficient (Wildman–Crippen LogP) is 2.33. The minimum absolute atomic E-state index is 0.0497. The molecule has 1 fully saturated rings. The fourth-order valence-electron chi connectivity index (χ4n) is 2.68. The van der Waals surface area contributed by atoms with Gasteiger partial charge in [0.25, 0.3) is 0 Å². The molecule has 0 spiro atoms. The highest BCUT2D eigenvalue weighted by Crippen LogP contribution is 2.29. The van der Waals surface area contributed by atoms with E-state index in [2.05, 4.69) is 5.32 Å². The molecule has 1 amide bonds. The summed E-state index contributed by atoms with van der Waals surface area (Å²) < 4.78 is 5.04. The second-order valence-electron chi connectivity index (χ2n) is 5.51. The molecule has 1 saturated carbocycles. The van der Waals surface area contributed by atoms with Crippen molar-refractivity contribution < 1.29 is 29.0 Å². The van der Waals surface area contributed by atoms with Gasteiger partial charge in [-0.15, -0.1) is 0 Å². The van der Waals surface area contributed by atoms with E-state index in [-0.39, 0.29) is 31.1 Å². The number of carbonyl (C=O) groups excluding carboxylic acids is 1. The summed E-state index contributed by atoms with van der Waals surface area (Å²) in [6, 6.07) is 2.80. The maximum atomic E-state index is 12.0. The van der Waals surface area contributed by atoms with Gasteiger partial charge in [-0.3, -0.25) is 9.59 Å². The van der Waals surface area contributed by atoms with Crippen molar-refractivity contribution in [2.75, 3.05) is 0 Å². The van der Waals surface area contributed by atoms with Gasteiger partial charge in [0.2, 0.25) is 11.7 Å². The Morgan fingerprint density at radius 2 is 1.78 bits per heavy atom. The van der Waals surface area contributed by atoms with Crippen molar-refractivity contribution in [3.8, 4) is 0 Å². The highest BCUT2D eigenvalue weighted by atomic mass is 16.4. The van der Waals surface area contributed by atoms with Gasteiger partial charge in [0.15, 0.2) is 0 Å². The summed E-state index contributed by atoms with van der Waals surface area (Å²) in [6.07, 6.45) is 3.71. The number of rotatable bonds is 7. The molecule has 0 bridgehead atoms. The smallest absolute Gasteiger partial charge is 0.371 e. The second-order valence-corrected chi connectivity index (χ2v) is 5.51. The number of carbonyl (C=O) groups is 3. The van der Waals surface area contributed by atoms with Gasteiger partial charge >= 0.3 is 11.9 Å². The van der Waals surface area contributed by atoms with E-state index in [1.165, 1.54) is 12.1 Å². The molecule has 7 nitrogen and oxygen atoms in total. The molecule has 1 aromatic rings. The number of allylic oxidation sites excluding steroid dienone is 1. The van der Waals surface area contributed by atoms with E-state index in [1.807, 2.05) is 0 Å². The Hall–Kier alpha value is -2.57. The highest BCUT2D eigenvalue weighted by molar-refractivity contribution is 5.84. The Morgan fingerprint density at radius 1 is 1.09 bits per heavy atom. The Morgan fingerprint density at radius 3 is 2.35 bits per heavy atom. The van der Waals surface area contributed by atoms with Crippen molar-refractivity contribution in [1.29, 1.82) is 0 Å². The summed E-state index contributed by atoms with van der Waals surface area (Å²) in [5.74, 6) is -2.26. The van der Waals surface area contributed by atoms with Gasteiger partial charge in [0.1, 0.15) is 5.76 Å². The Kier molecular flexibility index (Phi) is 5.56. The number of hydrogen-bond donors (Lipinski definition) is 3. The first-order valence-electron chi connectivity index (χ1n) is 7.46. The van der Waals surface area contributed by atoms with Crippen LogP contribution in [-0.2, 0) is 16.1 Å². The maximum Gasteiger partial charge on any atom is 0.371 e. The lowest BCUT2D eigenvalue weighted by Gasteiger charge is -2.10. The molecule has 1 heterocycles. The van der Waals surface area contributed by atoms with Crippen LogP contribution in [0.1, 0.15) is 54.8 Å². The number of aliphatic carboxylic acids is 1. The summed E-state index contributed by atoms with van der Waals surface area (Å²) >= 11 is 0. The predicted molar refractivity (Wildman–Crippen MR) is 79.9 cm³/mol. The Bertz CT molecular complexity index is 635. The fourth-order valence-corrected chi connectivity index (χ4v) is 2.68. The van der Waals surface area contributed by atoms with E-state index in [0.717, 1.165) is 31.3 Å². The van der Waals surface area contributed by atoms with Gasteiger partial charge in [-0.2, -0.15) is 0 Å². The lowest BCUT2D eigenvalue weighted by Crippen LogP contribution is -2.23. The van der Waals surface area contributed by atoms with Gasteiger partial charge in [-0.1, -0.05) is 11.1 Å². The molecule has 124 valence electrons. The summed E-state index contributed by atoms with van der Waals surface area (Å²) in [5, 5.41) is 20.4. The van der Waals surface area contributed by atoms with Crippen LogP contribution >= 0.6 is 0 Å². The molecule has 3 N–H and O–H groups in total. The van der Waals surface area contributed by atoms with Crippen LogP contribution in [-0.4, -0.2) is 28.1 Å². The Balaban J connectivity index is 1.92. The van der Waals surface area contributed by atoms with Gasteiger partial charge < -0.3 is 19.9 Å². The quantitative estimate of drug-likeness (QED) is 0.664. The van der Waals surface area contributed by atoms with E-state index >= 15 is 0 Å². The Labute approximate surface area is 133 Å². The van der Waals surface area contributed by atoms with Crippen LogP contribution < -0.4 is 5.32 Å². The number of aromatic carboxylic acids is 1. The third kappa shape index (κ3) is 4.98. The van der Waals surface area contributed by atoms with E-state index in [4.69, 9.17) is 14.6 Å². The molecule has 0 aromatic carbocycles. The first-order chi connectivity index (χ1) is 11.0. The van der Waals surface area contributed by atoms with Crippen molar-refractivity contribution in [2.45, 2.75) is 45.1 Å². The van der Waals surface area contributed by atoms with E-state index < -0.39 is 11.9 Å². The molecule has 1 aliphatic carbocycles. The molecule has 0 aliphatic heterocycles. The molecule has 0 unspecified atom stereocenters. The highest BCUT2D eigenvalue weighted by Gasteiger charge is 2.18. The number of nitrogens with one attached hydrogen (secondary N) is 1. The maximum absolute atomic E-state index is 12.0. The van der Waals surface area contributed by atoms with Gasteiger partial charge in [0, 0.05) is 6.42 Å². The number of hydrogen-bond acceptors (Lipinski definition) is 4. The lowest BCUT2D eigenvalue weighted by molar-refractivity contribution is -0.136. The van der Waals surface area contributed by atoms with Crippen LogP contribution in [0, 0.1) is 0 Å². The molecule has 23 heavy (non-hydrogen) atoms. The number of furan rings is 1. The standard InChI is InChI=1S/C16H19NO6/c18-14(17-9-12-5-6-13(23-12)16(21)22)7-11(8-15(19)20)10-3-1-2-4-10/h5-6H,1-4,7-9H2,(H,17,18)(H,19,20)(H,21,22). The summed E-state index contributed by atoms with van der Waals surface area (Å²) in [5.41, 5.74) is 1.76. The zero-order valence-corrected chi connectivity index (χ0v) is 12.6. The summed E-state index contributed by atoms with van der Waals surface area (Å²) in [4.78, 5) is 33.7. The van der Waals surface area contributed by atoms with Crippen molar-refractivity contribution in [3.05, 3.63) is 34.8 Å². The van der Waals surface area contributed by atoms with Crippen LogP contribution in [0.2, 0.25) is 0 Å². The molecular formula is C16H19NO6. The third-order valence-electron chi connectivity index (χ3n) is 3.78.